The van der Waals surface area contributed by atoms with E-state index in [0.29, 0.717) is 42.5 Å². The van der Waals surface area contributed by atoms with Crippen LogP contribution in [0.3, 0.4) is 0 Å². The summed E-state index contributed by atoms with van der Waals surface area (Å²) in [7, 11) is 0. The van der Waals surface area contributed by atoms with Crippen molar-refractivity contribution >= 4 is 63.3 Å². The molecule has 2 amide bonds. The topological polar surface area (TPSA) is 84.0 Å². The second kappa shape index (κ2) is 14.5. The van der Waals surface area contributed by atoms with E-state index in [1.165, 1.54) is 17.4 Å². The molecule has 1 aliphatic carbocycles. The Morgan fingerprint density at radius 3 is 2.63 bits per heavy atom. The van der Waals surface area contributed by atoms with Crippen LogP contribution in [0.5, 0.6) is 5.75 Å². The first kappa shape index (κ1) is 34.5. The molecule has 13 heteroatoms. The van der Waals surface area contributed by atoms with Crippen molar-refractivity contribution in [3.8, 4) is 5.75 Å². The number of carbonyl (C=O) groups is 2. The standard InChI is InChI=1S/C33H38Cl3FN4O4S/c1-19-8-11-26(37)29(27(19)35)44-23-12-13-40(18-23)31-38-16-24(46-31)14-21(15-39-32(43)45-33(2,3)4)30(42)41(22-9-10-22)17-20-6-5-7-25(34)28(20)36/h5-8,11,16,21-23H,9-10,12-15,17-18H2,1-4H3,(H,39,43)/t21-,23-/m1/s1. The Morgan fingerprint density at radius 2 is 1.91 bits per heavy atom. The lowest BCUT2D eigenvalue weighted by Gasteiger charge is -2.28. The molecule has 2 atom stereocenters. The molecule has 8 nitrogen and oxygen atoms in total. The normalized spacial score (nSPS) is 17.1. The van der Waals surface area contributed by atoms with Crippen molar-refractivity contribution in [3.63, 3.8) is 0 Å². The average molecular weight is 712 g/mol. The second-order valence-electron chi connectivity index (χ2n) is 12.8. The van der Waals surface area contributed by atoms with E-state index < -0.39 is 23.4 Å². The number of halogens is 4. The Balaban J connectivity index is 1.29. The zero-order chi connectivity index (χ0) is 33.2. The quantitative estimate of drug-likeness (QED) is 0.217. The summed E-state index contributed by atoms with van der Waals surface area (Å²) in [6, 6.07) is 8.49. The maximum absolute atomic E-state index is 14.4. The maximum atomic E-state index is 14.4. The molecule has 2 fully saturated rings. The molecular weight excluding hydrogens is 674 g/mol. The Kier molecular flexibility index (Phi) is 10.9. The molecule has 0 unspecified atom stereocenters. The lowest BCUT2D eigenvalue weighted by molar-refractivity contribution is -0.136. The third-order valence-corrected chi connectivity index (χ3v) is 10.2. The molecule has 1 aliphatic heterocycles. The van der Waals surface area contributed by atoms with Crippen molar-refractivity contribution in [2.45, 2.75) is 77.7 Å². The number of alkyl carbamates (subject to hydrolysis) is 1. The van der Waals surface area contributed by atoms with Gasteiger partial charge in [0.25, 0.3) is 0 Å². The van der Waals surface area contributed by atoms with Crippen molar-refractivity contribution in [1.29, 1.82) is 0 Å². The summed E-state index contributed by atoms with van der Waals surface area (Å²) in [5, 5.41) is 4.73. The fraction of sp³-hybridized carbons (Fsp3) is 0.485. The van der Waals surface area contributed by atoms with Gasteiger partial charge in [-0.2, -0.15) is 0 Å². The summed E-state index contributed by atoms with van der Waals surface area (Å²) in [4.78, 5) is 36.2. The van der Waals surface area contributed by atoms with Crippen LogP contribution >= 0.6 is 46.1 Å². The highest BCUT2D eigenvalue weighted by Crippen LogP contribution is 2.36. The third-order valence-electron chi connectivity index (χ3n) is 7.82. The molecule has 3 aromatic rings. The zero-order valence-electron chi connectivity index (χ0n) is 26.2. The lowest BCUT2D eigenvalue weighted by Crippen LogP contribution is -2.44. The number of aromatic nitrogens is 1. The van der Waals surface area contributed by atoms with Gasteiger partial charge < -0.3 is 24.6 Å². The molecular formula is C33H38Cl3FN4O4S. The van der Waals surface area contributed by atoms with Crippen LogP contribution in [0.15, 0.2) is 36.5 Å². The van der Waals surface area contributed by atoms with E-state index in [1.54, 1.807) is 39.1 Å². The number of rotatable bonds is 11. The van der Waals surface area contributed by atoms with E-state index in [-0.39, 0.29) is 35.4 Å². The molecule has 2 heterocycles. The summed E-state index contributed by atoms with van der Waals surface area (Å²) in [6.07, 6.45) is 3.79. The molecule has 46 heavy (non-hydrogen) atoms. The van der Waals surface area contributed by atoms with Crippen molar-refractivity contribution in [2.75, 3.05) is 24.5 Å². The Labute approximate surface area is 288 Å². The number of ether oxygens (including phenoxy) is 2. The first-order valence-corrected chi connectivity index (χ1v) is 17.2. The Bertz CT molecular complexity index is 1580. The number of benzene rings is 2. The first-order chi connectivity index (χ1) is 21.8. The van der Waals surface area contributed by atoms with E-state index in [9.17, 15) is 14.0 Å². The number of aryl methyl sites for hydroxylation is 1. The maximum Gasteiger partial charge on any atom is 0.407 e. The van der Waals surface area contributed by atoms with Crippen molar-refractivity contribution < 1.29 is 23.5 Å². The largest absolute Gasteiger partial charge is 0.484 e. The van der Waals surface area contributed by atoms with Gasteiger partial charge in [-0.15, -0.1) is 11.3 Å². The third kappa shape index (κ3) is 8.76. The van der Waals surface area contributed by atoms with Crippen molar-refractivity contribution in [2.24, 2.45) is 5.92 Å². The number of hydrogen-bond acceptors (Lipinski definition) is 7. The Hall–Kier alpha value is -2.79. The van der Waals surface area contributed by atoms with Crippen LogP contribution in [0.2, 0.25) is 15.1 Å². The SMILES string of the molecule is Cc1ccc(F)c(O[C@@H]2CCN(c3ncc(C[C@H](CNC(=O)OC(C)(C)C)C(=O)N(Cc4cccc(Cl)c4Cl)C4CC4)s3)C2)c1Cl. The molecule has 2 aliphatic rings. The molecule has 0 bridgehead atoms. The van der Waals surface area contributed by atoms with Gasteiger partial charge in [-0.3, -0.25) is 4.79 Å². The van der Waals surface area contributed by atoms with Crippen LogP contribution in [-0.4, -0.2) is 59.3 Å². The molecule has 1 saturated heterocycles. The molecule has 0 spiro atoms. The number of amides is 2. The van der Waals surface area contributed by atoms with Crippen LogP contribution in [0.1, 0.15) is 56.0 Å². The zero-order valence-corrected chi connectivity index (χ0v) is 29.3. The van der Waals surface area contributed by atoms with Crippen LogP contribution in [-0.2, 0) is 22.5 Å². The molecule has 1 saturated carbocycles. The molecule has 0 radical (unpaired) electrons. The van der Waals surface area contributed by atoms with Gasteiger partial charge in [-0.1, -0.05) is 53.0 Å². The predicted octanol–water partition coefficient (Wildman–Crippen LogP) is 8.08. The molecule has 1 aromatic heterocycles. The first-order valence-electron chi connectivity index (χ1n) is 15.3. The van der Waals surface area contributed by atoms with E-state index in [1.807, 2.05) is 24.0 Å². The molecule has 5 rings (SSSR count). The number of anilines is 1. The minimum Gasteiger partial charge on any atom is -0.484 e. The van der Waals surface area contributed by atoms with Crippen LogP contribution in [0.4, 0.5) is 14.3 Å². The predicted molar refractivity (Wildman–Crippen MR) is 181 cm³/mol. The fourth-order valence-corrected chi connectivity index (χ4v) is 6.92. The second-order valence-corrected chi connectivity index (χ2v) is 15.0. The smallest absolute Gasteiger partial charge is 0.407 e. The van der Waals surface area contributed by atoms with Crippen LogP contribution in [0.25, 0.3) is 0 Å². The van der Waals surface area contributed by atoms with Gasteiger partial charge in [-0.05, 0) is 70.2 Å². The van der Waals surface area contributed by atoms with Gasteiger partial charge in [0.1, 0.15) is 11.7 Å². The van der Waals surface area contributed by atoms with Gasteiger partial charge in [0.2, 0.25) is 5.91 Å². The summed E-state index contributed by atoms with van der Waals surface area (Å²) in [5.41, 5.74) is 0.845. The summed E-state index contributed by atoms with van der Waals surface area (Å²) >= 11 is 20.6. The van der Waals surface area contributed by atoms with Crippen molar-refractivity contribution in [3.05, 3.63) is 73.4 Å². The minimum atomic E-state index is -0.673. The van der Waals surface area contributed by atoms with Gasteiger partial charge in [-0.25, -0.2) is 14.2 Å². The summed E-state index contributed by atoms with van der Waals surface area (Å²) in [5.74, 6) is -1.07. The Morgan fingerprint density at radius 1 is 1.15 bits per heavy atom. The molecule has 2 aromatic carbocycles. The van der Waals surface area contributed by atoms with E-state index in [0.717, 1.165) is 34.0 Å². The summed E-state index contributed by atoms with van der Waals surface area (Å²) in [6.45, 7) is 8.79. The highest BCUT2D eigenvalue weighted by atomic mass is 35.5. The number of carbonyl (C=O) groups excluding carboxylic acids is 2. The van der Waals surface area contributed by atoms with E-state index >= 15 is 0 Å². The lowest BCUT2D eigenvalue weighted by atomic mass is 10.0. The van der Waals surface area contributed by atoms with Crippen LogP contribution in [0, 0.1) is 18.7 Å². The molecule has 248 valence electrons. The van der Waals surface area contributed by atoms with Gasteiger partial charge >= 0.3 is 6.09 Å². The number of nitrogens with zero attached hydrogens (tertiary/aromatic N) is 3. The highest BCUT2D eigenvalue weighted by molar-refractivity contribution is 7.15. The van der Waals surface area contributed by atoms with Crippen molar-refractivity contribution in [1.82, 2.24) is 15.2 Å². The van der Waals surface area contributed by atoms with Crippen LogP contribution < -0.4 is 15.0 Å². The number of hydrogen-bond donors (Lipinski definition) is 1. The van der Waals surface area contributed by atoms with E-state index in [2.05, 4.69) is 15.2 Å². The monoisotopic (exact) mass is 710 g/mol. The summed E-state index contributed by atoms with van der Waals surface area (Å²) < 4.78 is 25.9. The van der Waals surface area contributed by atoms with E-state index in [4.69, 9.17) is 44.3 Å². The number of thiazole rings is 1. The van der Waals surface area contributed by atoms with Gasteiger partial charge in [0, 0.05) is 43.2 Å². The highest BCUT2D eigenvalue weighted by Gasteiger charge is 2.37. The molecule has 1 N–H and O–H groups in total. The average Bonchev–Trinajstić information content (AvgIpc) is 3.54. The van der Waals surface area contributed by atoms with Gasteiger partial charge in [0.05, 0.1) is 27.5 Å². The fourth-order valence-electron chi connectivity index (χ4n) is 5.31. The van der Waals surface area contributed by atoms with Gasteiger partial charge in [0.15, 0.2) is 16.7 Å². The number of nitrogens with one attached hydrogen (secondary N) is 1. The minimum absolute atomic E-state index is 0.0754.